The van der Waals surface area contributed by atoms with Gasteiger partial charge in [0.2, 0.25) is 0 Å². The summed E-state index contributed by atoms with van der Waals surface area (Å²) in [6.45, 7) is 1.90. The van der Waals surface area contributed by atoms with Gasteiger partial charge in [0.15, 0.2) is 0 Å². The van der Waals surface area contributed by atoms with Gasteiger partial charge in [0.1, 0.15) is 12.4 Å². The zero-order valence-corrected chi connectivity index (χ0v) is 8.72. The standard InChI is InChI=1S/C14H11N2/c1-2-6-11(7-3-1)14-15-10-12-8-4-5-9-13(12)16-14/h1-10H,(H,15,16). The van der Waals surface area contributed by atoms with E-state index in [2.05, 4.69) is 16.4 Å². The second-order valence-electron chi connectivity index (χ2n) is 3.69. The Hall–Kier alpha value is -2.09. The molecule has 0 amide bonds. The lowest BCUT2D eigenvalue weighted by Crippen LogP contribution is -2.17. The molecule has 1 aliphatic heterocycles. The molecule has 0 saturated carbocycles. The predicted octanol–water partition coefficient (Wildman–Crippen LogP) is 3.07. The minimum Gasteiger partial charge on any atom is -0.340 e. The molecule has 0 fully saturated rings. The number of hydrogen-bond donors (Lipinski definition) is 1. The van der Waals surface area contributed by atoms with Crippen LogP contribution in [0.3, 0.4) is 0 Å². The molecule has 3 rings (SSSR count). The molecule has 0 spiro atoms. The van der Waals surface area contributed by atoms with Gasteiger partial charge in [-0.3, -0.25) is 4.99 Å². The van der Waals surface area contributed by atoms with Crippen molar-refractivity contribution in [2.45, 2.75) is 0 Å². The minimum atomic E-state index is 0.902. The first-order valence-electron chi connectivity index (χ1n) is 5.26. The molecule has 1 radical (unpaired) electrons. The third kappa shape index (κ3) is 1.58. The van der Waals surface area contributed by atoms with Gasteiger partial charge in [-0.2, -0.15) is 0 Å². The molecule has 0 atom stereocenters. The molecule has 0 bridgehead atoms. The number of aliphatic imine (C=N–C) groups is 1. The van der Waals surface area contributed by atoms with Crippen LogP contribution in [-0.4, -0.2) is 5.84 Å². The lowest BCUT2D eigenvalue weighted by molar-refractivity contribution is 1.29. The van der Waals surface area contributed by atoms with Crippen molar-refractivity contribution < 1.29 is 0 Å². The second-order valence-corrected chi connectivity index (χ2v) is 3.69. The second kappa shape index (κ2) is 3.81. The Morgan fingerprint density at radius 3 is 2.44 bits per heavy atom. The van der Waals surface area contributed by atoms with Crippen molar-refractivity contribution in [3.05, 3.63) is 72.3 Å². The van der Waals surface area contributed by atoms with E-state index in [9.17, 15) is 0 Å². The highest BCUT2D eigenvalue weighted by Crippen LogP contribution is 2.22. The zero-order valence-electron chi connectivity index (χ0n) is 8.72. The average Bonchev–Trinajstić information content (AvgIpc) is 2.39. The van der Waals surface area contributed by atoms with Gasteiger partial charge >= 0.3 is 0 Å². The van der Waals surface area contributed by atoms with E-state index in [-0.39, 0.29) is 0 Å². The minimum absolute atomic E-state index is 0.902. The molecule has 0 aromatic heterocycles. The number of hydrogen-bond acceptors (Lipinski definition) is 2. The van der Waals surface area contributed by atoms with Gasteiger partial charge in [-0.15, -0.1) is 0 Å². The number of nitrogens with one attached hydrogen (secondary N) is 1. The van der Waals surface area contributed by atoms with Crippen molar-refractivity contribution in [3.8, 4) is 0 Å². The van der Waals surface area contributed by atoms with Gasteiger partial charge in [0, 0.05) is 16.8 Å². The quantitative estimate of drug-likeness (QED) is 0.763. The Labute approximate surface area is 94.7 Å². The molecular formula is C14H11N2. The third-order valence-corrected chi connectivity index (χ3v) is 2.59. The number of fused-ring (bicyclic) bond motifs is 1. The van der Waals surface area contributed by atoms with Crippen LogP contribution in [0, 0.1) is 6.54 Å². The molecule has 0 aliphatic carbocycles. The first-order chi connectivity index (χ1) is 7.93. The summed E-state index contributed by atoms with van der Waals surface area (Å²) in [7, 11) is 0. The smallest absolute Gasteiger partial charge is 0.133 e. The molecule has 2 nitrogen and oxygen atoms in total. The van der Waals surface area contributed by atoms with E-state index >= 15 is 0 Å². The fourth-order valence-corrected chi connectivity index (χ4v) is 1.76. The molecule has 2 heteroatoms. The SMILES string of the molecule is [CH]1N=C(c2ccccc2)Nc2ccccc21. The number of anilines is 1. The van der Waals surface area contributed by atoms with Gasteiger partial charge < -0.3 is 5.32 Å². The zero-order chi connectivity index (χ0) is 10.8. The van der Waals surface area contributed by atoms with Gasteiger partial charge in [-0.1, -0.05) is 48.5 Å². The first-order valence-corrected chi connectivity index (χ1v) is 5.26. The van der Waals surface area contributed by atoms with E-state index in [0.717, 1.165) is 22.6 Å². The van der Waals surface area contributed by atoms with Gasteiger partial charge in [0.25, 0.3) is 0 Å². The van der Waals surface area contributed by atoms with Crippen LogP contribution in [0.4, 0.5) is 5.69 Å². The molecule has 77 valence electrons. The Morgan fingerprint density at radius 2 is 1.56 bits per heavy atom. The molecule has 16 heavy (non-hydrogen) atoms. The number of benzene rings is 2. The highest BCUT2D eigenvalue weighted by atomic mass is 15.0. The largest absolute Gasteiger partial charge is 0.340 e. The summed E-state index contributed by atoms with van der Waals surface area (Å²) in [5, 5.41) is 3.33. The molecule has 1 N–H and O–H groups in total. The van der Waals surface area contributed by atoms with Crippen molar-refractivity contribution in [1.82, 2.24) is 0 Å². The number of nitrogens with zero attached hydrogens (tertiary/aromatic N) is 1. The summed E-state index contributed by atoms with van der Waals surface area (Å²) in [5.41, 5.74) is 3.34. The van der Waals surface area contributed by atoms with Crippen LogP contribution in [0.1, 0.15) is 11.1 Å². The van der Waals surface area contributed by atoms with E-state index in [1.807, 2.05) is 55.1 Å². The Kier molecular flexibility index (Phi) is 2.18. The topological polar surface area (TPSA) is 24.4 Å². The van der Waals surface area contributed by atoms with Crippen LogP contribution in [-0.2, 0) is 0 Å². The van der Waals surface area contributed by atoms with Crippen molar-refractivity contribution in [2.75, 3.05) is 5.32 Å². The maximum atomic E-state index is 4.42. The monoisotopic (exact) mass is 207 g/mol. The van der Waals surface area contributed by atoms with Crippen molar-refractivity contribution in [2.24, 2.45) is 4.99 Å². The lowest BCUT2D eigenvalue weighted by atomic mass is 10.1. The summed E-state index contributed by atoms with van der Waals surface area (Å²) < 4.78 is 0. The Bertz CT molecular complexity index is 529. The van der Waals surface area contributed by atoms with E-state index in [4.69, 9.17) is 0 Å². The van der Waals surface area contributed by atoms with Crippen LogP contribution in [0.15, 0.2) is 59.6 Å². The average molecular weight is 207 g/mol. The summed E-state index contributed by atoms with van der Waals surface area (Å²) >= 11 is 0. The molecular weight excluding hydrogens is 196 g/mol. The first kappa shape index (κ1) is 9.16. The fourth-order valence-electron chi connectivity index (χ4n) is 1.76. The summed E-state index contributed by atoms with van der Waals surface area (Å²) in [6, 6.07) is 18.3. The maximum absolute atomic E-state index is 4.42. The van der Waals surface area contributed by atoms with Crippen molar-refractivity contribution in [1.29, 1.82) is 0 Å². The Morgan fingerprint density at radius 1 is 0.812 bits per heavy atom. The van der Waals surface area contributed by atoms with Crippen LogP contribution in [0.25, 0.3) is 0 Å². The highest BCUT2D eigenvalue weighted by Gasteiger charge is 2.11. The van der Waals surface area contributed by atoms with Crippen LogP contribution < -0.4 is 5.32 Å². The van der Waals surface area contributed by atoms with E-state index < -0.39 is 0 Å². The van der Waals surface area contributed by atoms with Crippen LogP contribution in [0.5, 0.6) is 0 Å². The van der Waals surface area contributed by atoms with Crippen molar-refractivity contribution >= 4 is 11.5 Å². The van der Waals surface area contributed by atoms with Gasteiger partial charge in [-0.25, -0.2) is 0 Å². The highest BCUT2D eigenvalue weighted by molar-refractivity contribution is 6.10. The molecule has 1 heterocycles. The lowest BCUT2D eigenvalue weighted by Gasteiger charge is -2.17. The van der Waals surface area contributed by atoms with Crippen molar-refractivity contribution in [3.63, 3.8) is 0 Å². The van der Waals surface area contributed by atoms with Gasteiger partial charge in [-0.05, 0) is 6.07 Å². The summed E-state index contributed by atoms with van der Waals surface area (Å²) in [6.07, 6.45) is 0. The molecule has 0 unspecified atom stereocenters. The maximum Gasteiger partial charge on any atom is 0.133 e. The molecule has 0 saturated heterocycles. The summed E-state index contributed by atoms with van der Waals surface area (Å²) in [5.74, 6) is 0.902. The normalized spacial score (nSPS) is 13.6. The predicted molar refractivity (Wildman–Crippen MR) is 66.4 cm³/mol. The molecule has 2 aromatic carbocycles. The summed E-state index contributed by atoms with van der Waals surface area (Å²) in [4.78, 5) is 4.42. The van der Waals surface area contributed by atoms with Crippen LogP contribution in [0.2, 0.25) is 0 Å². The van der Waals surface area contributed by atoms with Crippen LogP contribution >= 0.6 is 0 Å². The van der Waals surface area contributed by atoms with E-state index in [0.29, 0.717) is 0 Å². The fraction of sp³-hybridized carbons (Fsp3) is 0. The molecule has 2 aromatic rings. The number of amidine groups is 1. The number of rotatable bonds is 1. The molecule has 1 aliphatic rings. The third-order valence-electron chi connectivity index (χ3n) is 2.59. The van der Waals surface area contributed by atoms with E-state index in [1.165, 1.54) is 0 Å². The van der Waals surface area contributed by atoms with E-state index in [1.54, 1.807) is 0 Å². The number of para-hydroxylation sites is 1. The Balaban J connectivity index is 1.95. The van der Waals surface area contributed by atoms with Gasteiger partial charge in [0.05, 0.1) is 0 Å².